The number of carbonyl (C=O) groups is 1. The van der Waals surface area contributed by atoms with E-state index in [9.17, 15) is 9.90 Å². The first-order chi connectivity index (χ1) is 9.04. The van der Waals surface area contributed by atoms with E-state index >= 15 is 0 Å². The van der Waals surface area contributed by atoms with Crippen LogP contribution >= 0.6 is 0 Å². The first-order valence-corrected chi connectivity index (χ1v) is 6.31. The van der Waals surface area contributed by atoms with Gasteiger partial charge in [-0.3, -0.25) is 4.79 Å². The Kier molecular flexibility index (Phi) is 6.32. The molecular weight excluding hydrogens is 246 g/mol. The van der Waals surface area contributed by atoms with E-state index in [0.29, 0.717) is 13.0 Å². The monoisotopic (exact) mass is 267 g/mol. The third-order valence-electron chi connectivity index (χ3n) is 2.96. The summed E-state index contributed by atoms with van der Waals surface area (Å²) in [5.41, 5.74) is 0.805. The Balaban J connectivity index is 2.42. The Morgan fingerprint density at radius 3 is 2.53 bits per heavy atom. The van der Waals surface area contributed by atoms with E-state index in [0.717, 1.165) is 11.3 Å². The summed E-state index contributed by atoms with van der Waals surface area (Å²) in [4.78, 5) is 10.4. The number of carboxylic acid groups (broad SMARTS) is 1. The molecule has 0 bridgehead atoms. The van der Waals surface area contributed by atoms with Gasteiger partial charge in [0.05, 0.1) is 13.2 Å². The van der Waals surface area contributed by atoms with Gasteiger partial charge in [-0.05, 0) is 37.6 Å². The molecule has 0 aliphatic heterocycles. The lowest BCUT2D eigenvalue weighted by Gasteiger charge is -2.20. The third-order valence-corrected chi connectivity index (χ3v) is 2.96. The van der Waals surface area contributed by atoms with Crippen molar-refractivity contribution in [3.05, 3.63) is 29.8 Å². The van der Waals surface area contributed by atoms with Crippen molar-refractivity contribution in [1.82, 2.24) is 5.32 Å². The number of methoxy groups -OCH3 is 1. The van der Waals surface area contributed by atoms with Gasteiger partial charge in [0.25, 0.3) is 0 Å². The number of ether oxygens (including phenoxy) is 1. The minimum Gasteiger partial charge on any atom is -0.497 e. The van der Waals surface area contributed by atoms with Crippen LogP contribution in [0.15, 0.2) is 24.3 Å². The second-order valence-corrected chi connectivity index (χ2v) is 4.46. The number of rotatable bonds is 8. The Morgan fingerprint density at radius 2 is 2.00 bits per heavy atom. The molecule has 0 fully saturated rings. The van der Waals surface area contributed by atoms with E-state index in [4.69, 9.17) is 9.84 Å². The highest BCUT2D eigenvalue weighted by Gasteiger charge is 2.15. The smallest absolute Gasteiger partial charge is 0.303 e. The molecule has 0 aliphatic carbocycles. The van der Waals surface area contributed by atoms with Gasteiger partial charge in [0.15, 0.2) is 0 Å². The first-order valence-electron chi connectivity index (χ1n) is 6.31. The Bertz CT molecular complexity index is 391. The highest BCUT2D eigenvalue weighted by Crippen LogP contribution is 2.20. The van der Waals surface area contributed by atoms with Crippen molar-refractivity contribution < 1.29 is 19.7 Å². The molecule has 19 heavy (non-hydrogen) atoms. The third kappa shape index (κ3) is 5.28. The molecule has 2 unspecified atom stereocenters. The van der Waals surface area contributed by atoms with E-state index < -0.39 is 12.1 Å². The normalized spacial score (nSPS) is 13.8. The fraction of sp³-hybridized carbons (Fsp3) is 0.500. The number of nitrogens with one attached hydrogen (secondary N) is 1. The number of aliphatic carboxylic acids is 1. The zero-order valence-corrected chi connectivity index (χ0v) is 11.3. The number of hydrogen-bond acceptors (Lipinski definition) is 4. The molecule has 1 aromatic carbocycles. The maximum atomic E-state index is 10.4. The number of benzene rings is 1. The zero-order valence-electron chi connectivity index (χ0n) is 11.3. The lowest BCUT2D eigenvalue weighted by molar-refractivity contribution is -0.137. The number of carboxylic acids is 1. The molecule has 0 aliphatic rings. The minimum absolute atomic E-state index is 0.137. The predicted molar refractivity (Wildman–Crippen MR) is 72.3 cm³/mol. The fourth-order valence-corrected chi connectivity index (χ4v) is 1.77. The molecule has 1 aromatic rings. The van der Waals surface area contributed by atoms with E-state index in [2.05, 4.69) is 5.32 Å². The summed E-state index contributed by atoms with van der Waals surface area (Å²) in [5.74, 6) is -0.0526. The van der Waals surface area contributed by atoms with Gasteiger partial charge >= 0.3 is 5.97 Å². The van der Waals surface area contributed by atoms with Crippen molar-refractivity contribution in [2.24, 2.45) is 0 Å². The van der Waals surface area contributed by atoms with Crippen LogP contribution < -0.4 is 10.1 Å². The largest absolute Gasteiger partial charge is 0.497 e. The van der Waals surface area contributed by atoms with Crippen LogP contribution in [-0.4, -0.2) is 35.9 Å². The molecule has 5 heteroatoms. The van der Waals surface area contributed by atoms with Crippen molar-refractivity contribution in [1.29, 1.82) is 0 Å². The number of aliphatic hydroxyl groups is 1. The van der Waals surface area contributed by atoms with Crippen molar-refractivity contribution in [2.45, 2.75) is 31.9 Å². The van der Waals surface area contributed by atoms with Gasteiger partial charge in [-0.25, -0.2) is 0 Å². The standard InChI is InChI=1S/C14H21NO4/c1-10(15-9-3-4-13(16)17)14(18)11-5-7-12(19-2)8-6-11/h5-8,10,14-15,18H,3-4,9H2,1-2H3,(H,16,17). The Labute approximate surface area is 113 Å². The average Bonchev–Trinajstić information content (AvgIpc) is 2.42. The number of hydrogen-bond donors (Lipinski definition) is 3. The minimum atomic E-state index is -0.801. The molecule has 0 heterocycles. The van der Waals surface area contributed by atoms with E-state index in [1.54, 1.807) is 19.2 Å². The van der Waals surface area contributed by atoms with Gasteiger partial charge in [0.1, 0.15) is 5.75 Å². The van der Waals surface area contributed by atoms with E-state index in [1.165, 1.54) is 0 Å². The van der Waals surface area contributed by atoms with Crippen LogP contribution in [0.2, 0.25) is 0 Å². The number of aliphatic hydroxyl groups excluding tert-OH is 1. The van der Waals surface area contributed by atoms with Crippen LogP contribution in [0.25, 0.3) is 0 Å². The first kappa shape index (κ1) is 15.5. The molecule has 2 atom stereocenters. The molecule has 0 spiro atoms. The molecule has 5 nitrogen and oxygen atoms in total. The maximum Gasteiger partial charge on any atom is 0.303 e. The van der Waals surface area contributed by atoms with Gasteiger partial charge in [0, 0.05) is 12.5 Å². The maximum absolute atomic E-state index is 10.4. The van der Waals surface area contributed by atoms with Crippen molar-refractivity contribution in [3.8, 4) is 5.75 Å². The summed E-state index contributed by atoms with van der Waals surface area (Å²) in [6.45, 7) is 2.44. The van der Waals surface area contributed by atoms with E-state index in [1.807, 2.05) is 19.1 Å². The average molecular weight is 267 g/mol. The molecule has 0 saturated carbocycles. The summed E-state index contributed by atoms with van der Waals surface area (Å²) in [7, 11) is 1.60. The van der Waals surface area contributed by atoms with Crippen LogP contribution in [0.4, 0.5) is 0 Å². The molecular formula is C14H21NO4. The molecule has 0 radical (unpaired) electrons. The molecule has 0 amide bonds. The van der Waals surface area contributed by atoms with Crippen molar-refractivity contribution in [2.75, 3.05) is 13.7 Å². The van der Waals surface area contributed by atoms with Crippen LogP contribution in [-0.2, 0) is 4.79 Å². The molecule has 3 N–H and O–H groups in total. The highest BCUT2D eigenvalue weighted by molar-refractivity contribution is 5.66. The summed E-state index contributed by atoms with van der Waals surface area (Å²) >= 11 is 0. The van der Waals surface area contributed by atoms with Gasteiger partial charge in [-0.1, -0.05) is 12.1 Å². The van der Waals surface area contributed by atoms with Gasteiger partial charge in [-0.15, -0.1) is 0 Å². The predicted octanol–water partition coefficient (Wildman–Crippen LogP) is 1.57. The van der Waals surface area contributed by atoms with E-state index in [-0.39, 0.29) is 12.5 Å². The van der Waals surface area contributed by atoms with Crippen LogP contribution in [0.1, 0.15) is 31.4 Å². The molecule has 0 aromatic heterocycles. The fourth-order valence-electron chi connectivity index (χ4n) is 1.77. The second-order valence-electron chi connectivity index (χ2n) is 4.46. The lowest BCUT2D eigenvalue weighted by atomic mass is 10.0. The zero-order chi connectivity index (χ0) is 14.3. The van der Waals surface area contributed by atoms with Crippen LogP contribution in [0.5, 0.6) is 5.75 Å². The van der Waals surface area contributed by atoms with Crippen LogP contribution in [0, 0.1) is 0 Å². The van der Waals surface area contributed by atoms with Crippen LogP contribution in [0.3, 0.4) is 0 Å². The SMILES string of the molecule is COc1ccc(C(O)C(C)NCCCC(=O)O)cc1. The quantitative estimate of drug-likeness (QED) is 0.623. The molecule has 1 rings (SSSR count). The van der Waals surface area contributed by atoms with Gasteiger partial charge in [-0.2, -0.15) is 0 Å². The Morgan fingerprint density at radius 1 is 1.37 bits per heavy atom. The topological polar surface area (TPSA) is 78.8 Å². The van der Waals surface area contributed by atoms with Gasteiger partial charge < -0.3 is 20.3 Å². The Hall–Kier alpha value is -1.59. The molecule has 0 saturated heterocycles. The second kappa shape index (κ2) is 7.76. The summed E-state index contributed by atoms with van der Waals surface area (Å²) in [6, 6.07) is 7.10. The summed E-state index contributed by atoms with van der Waals surface area (Å²) in [5, 5.41) is 21.8. The van der Waals surface area contributed by atoms with Crippen molar-refractivity contribution >= 4 is 5.97 Å². The van der Waals surface area contributed by atoms with Gasteiger partial charge in [0.2, 0.25) is 0 Å². The highest BCUT2D eigenvalue weighted by atomic mass is 16.5. The lowest BCUT2D eigenvalue weighted by Crippen LogP contribution is -2.33. The summed E-state index contributed by atoms with van der Waals surface area (Å²) in [6.07, 6.45) is 0.0589. The van der Waals surface area contributed by atoms with Crippen molar-refractivity contribution in [3.63, 3.8) is 0 Å². The molecule has 106 valence electrons. The summed E-state index contributed by atoms with van der Waals surface area (Å²) < 4.78 is 5.06.